The van der Waals surface area contributed by atoms with Crippen molar-refractivity contribution in [2.75, 3.05) is 19.0 Å². The lowest BCUT2D eigenvalue weighted by Gasteiger charge is -2.12. The molecule has 0 aliphatic heterocycles. The van der Waals surface area contributed by atoms with Crippen LogP contribution in [0.4, 0.5) is 5.69 Å². The number of ether oxygens (including phenoxy) is 2. The summed E-state index contributed by atoms with van der Waals surface area (Å²) in [4.78, 5) is 24.3. The van der Waals surface area contributed by atoms with Gasteiger partial charge in [0, 0.05) is 11.1 Å². The van der Waals surface area contributed by atoms with Crippen LogP contribution in [0.15, 0.2) is 23.6 Å². The van der Waals surface area contributed by atoms with Crippen LogP contribution in [0.2, 0.25) is 5.02 Å². The zero-order valence-corrected chi connectivity index (χ0v) is 14.5. The summed E-state index contributed by atoms with van der Waals surface area (Å²) in [5.41, 5.74) is 2.10. The van der Waals surface area contributed by atoms with Crippen LogP contribution in [0.3, 0.4) is 0 Å². The molecule has 0 bridgehead atoms. The van der Waals surface area contributed by atoms with Gasteiger partial charge in [-0.05, 0) is 42.5 Å². The van der Waals surface area contributed by atoms with Gasteiger partial charge in [-0.1, -0.05) is 11.6 Å². The quantitative estimate of drug-likeness (QED) is 0.830. The number of anilines is 1. The van der Waals surface area contributed by atoms with E-state index in [1.54, 1.807) is 17.5 Å². The topological polar surface area (TPSA) is 64.6 Å². The molecular formula is C16H16ClNO4S. The molecule has 23 heavy (non-hydrogen) atoms. The number of hydrogen-bond donors (Lipinski definition) is 1. The molecule has 1 heterocycles. The second-order valence-corrected chi connectivity index (χ2v) is 6.18. The lowest BCUT2D eigenvalue weighted by molar-refractivity contribution is -0.119. The van der Waals surface area contributed by atoms with E-state index in [1.807, 2.05) is 19.9 Å². The number of aryl methyl sites for hydroxylation is 2. The molecule has 0 radical (unpaired) electrons. The Morgan fingerprint density at radius 2 is 2.00 bits per heavy atom. The molecular weight excluding hydrogens is 338 g/mol. The Labute approximate surface area is 143 Å². The van der Waals surface area contributed by atoms with Crippen LogP contribution in [-0.2, 0) is 9.53 Å². The summed E-state index contributed by atoms with van der Waals surface area (Å²) in [6, 6.07) is 5.14. The number of nitrogens with one attached hydrogen (secondary N) is 1. The van der Waals surface area contributed by atoms with E-state index < -0.39 is 11.9 Å². The zero-order valence-electron chi connectivity index (χ0n) is 12.9. The highest BCUT2D eigenvalue weighted by atomic mass is 35.5. The fourth-order valence-electron chi connectivity index (χ4n) is 1.89. The van der Waals surface area contributed by atoms with Crippen LogP contribution in [0.5, 0.6) is 5.75 Å². The largest absolute Gasteiger partial charge is 0.495 e. The third-order valence-electron chi connectivity index (χ3n) is 3.14. The highest BCUT2D eigenvalue weighted by Gasteiger charge is 2.15. The Kier molecular flexibility index (Phi) is 5.63. The lowest BCUT2D eigenvalue weighted by Crippen LogP contribution is -2.21. The number of carbonyl (C=O) groups excluding carboxylic acids is 2. The van der Waals surface area contributed by atoms with Crippen molar-refractivity contribution in [3.05, 3.63) is 44.6 Å². The number of rotatable bonds is 5. The number of halogens is 1. The van der Waals surface area contributed by atoms with Gasteiger partial charge in [-0.3, -0.25) is 4.79 Å². The van der Waals surface area contributed by atoms with Gasteiger partial charge >= 0.3 is 5.97 Å². The fourth-order valence-corrected chi connectivity index (χ4v) is 2.87. The second-order valence-electron chi connectivity index (χ2n) is 4.86. The summed E-state index contributed by atoms with van der Waals surface area (Å²) in [6.07, 6.45) is 0. The molecule has 0 saturated heterocycles. The predicted molar refractivity (Wildman–Crippen MR) is 90.7 cm³/mol. The van der Waals surface area contributed by atoms with E-state index in [4.69, 9.17) is 21.1 Å². The third kappa shape index (κ3) is 4.24. The fraction of sp³-hybridized carbons (Fsp3) is 0.250. The molecule has 0 aliphatic rings. The molecule has 1 amide bonds. The van der Waals surface area contributed by atoms with Crippen molar-refractivity contribution in [1.29, 1.82) is 0 Å². The van der Waals surface area contributed by atoms with E-state index in [2.05, 4.69) is 5.32 Å². The highest BCUT2D eigenvalue weighted by molar-refractivity contribution is 7.12. The maximum atomic E-state index is 12.0. The van der Waals surface area contributed by atoms with E-state index in [0.29, 0.717) is 21.3 Å². The summed E-state index contributed by atoms with van der Waals surface area (Å²) < 4.78 is 10.2. The van der Waals surface area contributed by atoms with Gasteiger partial charge in [-0.25, -0.2) is 4.79 Å². The zero-order chi connectivity index (χ0) is 17.0. The van der Waals surface area contributed by atoms with Crippen molar-refractivity contribution in [2.45, 2.75) is 13.8 Å². The molecule has 1 N–H and O–H groups in total. The summed E-state index contributed by atoms with van der Waals surface area (Å²) >= 11 is 7.30. The first-order valence-electron chi connectivity index (χ1n) is 6.77. The van der Waals surface area contributed by atoms with Crippen molar-refractivity contribution in [1.82, 2.24) is 0 Å². The molecule has 1 aromatic heterocycles. The number of hydrogen-bond acceptors (Lipinski definition) is 5. The molecule has 7 heteroatoms. The second kappa shape index (κ2) is 7.48. The Bertz CT molecular complexity index is 742. The van der Waals surface area contributed by atoms with Gasteiger partial charge in [0.15, 0.2) is 6.61 Å². The van der Waals surface area contributed by atoms with Crippen LogP contribution in [0.25, 0.3) is 0 Å². The van der Waals surface area contributed by atoms with Crippen molar-refractivity contribution < 1.29 is 19.1 Å². The van der Waals surface area contributed by atoms with Crippen LogP contribution in [0, 0.1) is 13.8 Å². The van der Waals surface area contributed by atoms with Crippen molar-refractivity contribution >= 4 is 40.5 Å². The summed E-state index contributed by atoms with van der Waals surface area (Å²) in [5, 5.41) is 4.99. The Balaban J connectivity index is 1.99. The average Bonchev–Trinajstić information content (AvgIpc) is 2.94. The molecule has 2 aromatic rings. The van der Waals surface area contributed by atoms with Gasteiger partial charge in [-0.2, -0.15) is 0 Å². The lowest BCUT2D eigenvalue weighted by atomic mass is 10.2. The minimum Gasteiger partial charge on any atom is -0.495 e. The summed E-state index contributed by atoms with van der Waals surface area (Å²) in [5.74, 6) is -0.520. The molecule has 0 aliphatic carbocycles. The predicted octanol–water partition coefficient (Wildman–Crippen LogP) is 3.82. The van der Waals surface area contributed by atoms with Gasteiger partial charge in [0.2, 0.25) is 0 Å². The van der Waals surface area contributed by atoms with Gasteiger partial charge in [0.25, 0.3) is 5.91 Å². The van der Waals surface area contributed by atoms with Gasteiger partial charge < -0.3 is 14.8 Å². The van der Waals surface area contributed by atoms with Crippen LogP contribution in [0.1, 0.15) is 20.8 Å². The average molecular weight is 354 g/mol. The SMILES string of the molecule is COc1cc(Cl)c(C)cc1NC(=O)COC(=O)c1sccc1C. The molecule has 1 aromatic carbocycles. The third-order valence-corrected chi connectivity index (χ3v) is 4.54. The van der Waals surface area contributed by atoms with E-state index in [1.165, 1.54) is 18.4 Å². The number of benzene rings is 1. The monoisotopic (exact) mass is 353 g/mol. The van der Waals surface area contributed by atoms with Crippen molar-refractivity contribution in [3.8, 4) is 5.75 Å². The molecule has 0 fully saturated rings. The number of methoxy groups -OCH3 is 1. The first-order valence-corrected chi connectivity index (χ1v) is 8.03. The van der Waals surface area contributed by atoms with Crippen molar-refractivity contribution in [3.63, 3.8) is 0 Å². The van der Waals surface area contributed by atoms with Crippen LogP contribution < -0.4 is 10.1 Å². The summed E-state index contributed by atoms with van der Waals surface area (Å²) in [7, 11) is 1.48. The number of amides is 1. The molecule has 122 valence electrons. The van der Waals surface area contributed by atoms with Gasteiger partial charge in [-0.15, -0.1) is 11.3 Å². The molecule has 0 spiro atoms. The van der Waals surface area contributed by atoms with Crippen molar-refractivity contribution in [2.24, 2.45) is 0 Å². The van der Waals surface area contributed by atoms with E-state index in [0.717, 1.165) is 11.1 Å². The normalized spacial score (nSPS) is 10.3. The van der Waals surface area contributed by atoms with Crippen LogP contribution >= 0.6 is 22.9 Å². The molecule has 5 nitrogen and oxygen atoms in total. The number of thiophene rings is 1. The number of carbonyl (C=O) groups is 2. The molecule has 0 saturated carbocycles. The van der Waals surface area contributed by atoms with E-state index in [9.17, 15) is 9.59 Å². The maximum absolute atomic E-state index is 12.0. The van der Waals surface area contributed by atoms with Gasteiger partial charge in [0.05, 0.1) is 12.8 Å². The van der Waals surface area contributed by atoms with Gasteiger partial charge in [0.1, 0.15) is 10.6 Å². The smallest absolute Gasteiger partial charge is 0.349 e. The Hall–Kier alpha value is -2.05. The molecule has 2 rings (SSSR count). The standard InChI is InChI=1S/C16H16ClNO4S/c1-9-4-5-23-15(9)16(20)22-8-14(19)18-12-6-10(2)11(17)7-13(12)21-3/h4-7H,8H2,1-3H3,(H,18,19). The minimum absolute atomic E-state index is 0.374. The summed E-state index contributed by atoms with van der Waals surface area (Å²) in [6.45, 7) is 3.26. The first kappa shape index (κ1) is 17.3. The van der Waals surface area contributed by atoms with E-state index in [-0.39, 0.29) is 6.61 Å². The molecule has 0 atom stereocenters. The highest BCUT2D eigenvalue weighted by Crippen LogP contribution is 2.30. The molecule has 0 unspecified atom stereocenters. The first-order chi connectivity index (χ1) is 10.9. The Morgan fingerprint density at radius 1 is 1.26 bits per heavy atom. The Morgan fingerprint density at radius 3 is 2.61 bits per heavy atom. The maximum Gasteiger partial charge on any atom is 0.349 e. The number of esters is 1. The minimum atomic E-state index is -0.507. The van der Waals surface area contributed by atoms with Crippen LogP contribution in [-0.4, -0.2) is 25.6 Å². The van der Waals surface area contributed by atoms with E-state index >= 15 is 0 Å².